The number of benzene rings is 1. The second-order valence-corrected chi connectivity index (χ2v) is 6.43. The van der Waals surface area contributed by atoms with E-state index >= 15 is 0 Å². The fourth-order valence-corrected chi connectivity index (χ4v) is 2.97. The number of methoxy groups -OCH3 is 3. The molecule has 150 valence electrons. The Hall–Kier alpha value is -3.07. The summed E-state index contributed by atoms with van der Waals surface area (Å²) >= 11 is 0. The van der Waals surface area contributed by atoms with Crippen LogP contribution in [-0.4, -0.2) is 75.3 Å². The molecule has 0 unspecified atom stereocenters. The van der Waals surface area contributed by atoms with Crippen LogP contribution in [0.4, 0.5) is 11.6 Å². The zero-order chi connectivity index (χ0) is 20.1. The van der Waals surface area contributed by atoms with Crippen molar-refractivity contribution in [2.75, 3.05) is 64.8 Å². The fourth-order valence-electron chi connectivity index (χ4n) is 2.97. The third kappa shape index (κ3) is 4.25. The topological polar surface area (TPSA) is 89.1 Å². The summed E-state index contributed by atoms with van der Waals surface area (Å²) in [5, 5.41) is 2.79. The molecule has 1 N–H and O–H groups in total. The Kier molecular flexibility index (Phi) is 6.15. The number of rotatable bonds is 6. The van der Waals surface area contributed by atoms with Crippen molar-refractivity contribution in [3.8, 4) is 17.2 Å². The minimum absolute atomic E-state index is 0.324. The molecule has 1 aliphatic heterocycles. The molecule has 0 atom stereocenters. The fraction of sp³-hybridized carbons (Fsp3) is 0.421. The van der Waals surface area contributed by atoms with Crippen LogP contribution in [0.3, 0.4) is 0 Å². The molecular formula is C19H25N5O4. The third-order valence-corrected chi connectivity index (χ3v) is 4.61. The third-order valence-electron chi connectivity index (χ3n) is 4.61. The van der Waals surface area contributed by atoms with Crippen molar-refractivity contribution in [2.45, 2.75) is 0 Å². The number of amides is 1. The summed E-state index contributed by atoms with van der Waals surface area (Å²) in [5.41, 5.74) is 0.884. The Morgan fingerprint density at radius 1 is 0.964 bits per heavy atom. The van der Waals surface area contributed by atoms with Gasteiger partial charge in [-0.2, -0.15) is 0 Å². The number of hydrogen-bond acceptors (Lipinski definition) is 8. The van der Waals surface area contributed by atoms with E-state index < -0.39 is 0 Å². The van der Waals surface area contributed by atoms with Crippen molar-refractivity contribution in [3.63, 3.8) is 0 Å². The van der Waals surface area contributed by atoms with Gasteiger partial charge in [-0.3, -0.25) is 4.79 Å². The highest BCUT2D eigenvalue weighted by Crippen LogP contribution is 2.38. The van der Waals surface area contributed by atoms with Gasteiger partial charge in [-0.15, -0.1) is 0 Å². The molecule has 9 heteroatoms. The van der Waals surface area contributed by atoms with E-state index in [9.17, 15) is 4.79 Å². The SMILES string of the molecule is COc1cc(C(=O)Nc2cnc(N3CCN(C)CC3)nc2)cc(OC)c1OC. The minimum atomic E-state index is -0.324. The van der Waals surface area contributed by atoms with Crippen LogP contribution >= 0.6 is 0 Å². The van der Waals surface area contributed by atoms with Gasteiger partial charge in [0.05, 0.1) is 39.4 Å². The summed E-state index contributed by atoms with van der Waals surface area (Å²) in [6.07, 6.45) is 3.22. The van der Waals surface area contributed by atoms with Crippen LogP contribution in [0.1, 0.15) is 10.4 Å². The van der Waals surface area contributed by atoms with Gasteiger partial charge in [-0.05, 0) is 19.2 Å². The number of likely N-dealkylation sites (N-methyl/N-ethyl adjacent to an activating group) is 1. The normalized spacial score (nSPS) is 14.5. The molecule has 1 fully saturated rings. The zero-order valence-corrected chi connectivity index (χ0v) is 16.6. The number of nitrogens with zero attached hydrogens (tertiary/aromatic N) is 4. The van der Waals surface area contributed by atoms with E-state index in [1.54, 1.807) is 24.5 Å². The summed E-state index contributed by atoms with van der Waals surface area (Å²) in [7, 11) is 6.62. The zero-order valence-electron chi connectivity index (χ0n) is 16.6. The van der Waals surface area contributed by atoms with Crippen LogP contribution in [-0.2, 0) is 0 Å². The Morgan fingerprint density at radius 3 is 2.04 bits per heavy atom. The van der Waals surface area contributed by atoms with Crippen molar-refractivity contribution in [1.82, 2.24) is 14.9 Å². The quantitative estimate of drug-likeness (QED) is 0.798. The van der Waals surface area contributed by atoms with Gasteiger partial charge < -0.3 is 29.3 Å². The van der Waals surface area contributed by atoms with Crippen molar-refractivity contribution < 1.29 is 19.0 Å². The molecule has 0 spiro atoms. The molecule has 1 aromatic carbocycles. The number of ether oxygens (including phenoxy) is 3. The molecule has 2 heterocycles. The van der Waals surface area contributed by atoms with Gasteiger partial charge in [0.15, 0.2) is 11.5 Å². The maximum atomic E-state index is 12.6. The number of carbonyl (C=O) groups excluding carboxylic acids is 1. The molecule has 1 saturated heterocycles. The number of piperazine rings is 1. The van der Waals surface area contributed by atoms with E-state index in [1.165, 1.54) is 21.3 Å². The van der Waals surface area contributed by atoms with Gasteiger partial charge in [0.25, 0.3) is 5.91 Å². The van der Waals surface area contributed by atoms with Gasteiger partial charge in [-0.25, -0.2) is 9.97 Å². The van der Waals surface area contributed by atoms with Crippen LogP contribution in [0.15, 0.2) is 24.5 Å². The molecule has 3 rings (SSSR count). The maximum absolute atomic E-state index is 12.6. The lowest BCUT2D eigenvalue weighted by Gasteiger charge is -2.32. The summed E-state index contributed by atoms with van der Waals surface area (Å²) < 4.78 is 15.9. The lowest BCUT2D eigenvalue weighted by atomic mass is 10.1. The van der Waals surface area contributed by atoms with Crippen LogP contribution in [0.25, 0.3) is 0 Å². The van der Waals surface area contributed by atoms with Gasteiger partial charge in [0, 0.05) is 31.7 Å². The van der Waals surface area contributed by atoms with E-state index in [-0.39, 0.29) is 5.91 Å². The second-order valence-electron chi connectivity index (χ2n) is 6.43. The first-order valence-electron chi connectivity index (χ1n) is 8.92. The molecule has 1 aromatic heterocycles. The molecule has 1 aliphatic rings. The monoisotopic (exact) mass is 387 g/mol. The molecule has 9 nitrogen and oxygen atoms in total. The maximum Gasteiger partial charge on any atom is 0.256 e. The summed E-state index contributed by atoms with van der Waals surface area (Å²) in [6, 6.07) is 3.19. The molecular weight excluding hydrogens is 362 g/mol. The Balaban J connectivity index is 1.72. The highest BCUT2D eigenvalue weighted by Gasteiger charge is 2.18. The molecule has 0 saturated carbocycles. The first-order valence-corrected chi connectivity index (χ1v) is 8.92. The van der Waals surface area contributed by atoms with E-state index in [0.29, 0.717) is 34.4 Å². The second kappa shape index (κ2) is 8.75. The Bertz CT molecular complexity index is 795. The van der Waals surface area contributed by atoms with Crippen molar-refractivity contribution >= 4 is 17.5 Å². The van der Waals surface area contributed by atoms with E-state index in [2.05, 4.69) is 32.1 Å². The highest BCUT2D eigenvalue weighted by atomic mass is 16.5. The Morgan fingerprint density at radius 2 is 1.54 bits per heavy atom. The number of hydrogen-bond donors (Lipinski definition) is 1. The van der Waals surface area contributed by atoms with Crippen molar-refractivity contribution in [1.29, 1.82) is 0 Å². The largest absolute Gasteiger partial charge is 0.493 e. The van der Waals surface area contributed by atoms with E-state index in [0.717, 1.165) is 26.2 Å². The summed E-state index contributed by atoms with van der Waals surface area (Å²) in [4.78, 5) is 25.8. The van der Waals surface area contributed by atoms with E-state index in [1.807, 2.05) is 0 Å². The number of anilines is 2. The van der Waals surface area contributed by atoms with Crippen molar-refractivity contribution in [2.24, 2.45) is 0 Å². The average Bonchev–Trinajstić information content (AvgIpc) is 2.73. The molecule has 1 amide bonds. The standard InChI is InChI=1S/C19H25N5O4/c1-23-5-7-24(8-6-23)19-20-11-14(12-21-19)22-18(25)13-9-15(26-2)17(28-4)16(10-13)27-3/h9-12H,5-8H2,1-4H3,(H,22,25). The van der Waals surface area contributed by atoms with Crippen LogP contribution < -0.4 is 24.4 Å². The van der Waals surface area contributed by atoms with Gasteiger partial charge in [0.2, 0.25) is 11.7 Å². The highest BCUT2D eigenvalue weighted by molar-refractivity contribution is 6.05. The lowest BCUT2D eigenvalue weighted by Crippen LogP contribution is -2.45. The average molecular weight is 387 g/mol. The smallest absolute Gasteiger partial charge is 0.256 e. The van der Waals surface area contributed by atoms with E-state index in [4.69, 9.17) is 14.2 Å². The van der Waals surface area contributed by atoms with Crippen molar-refractivity contribution in [3.05, 3.63) is 30.1 Å². The van der Waals surface area contributed by atoms with Gasteiger partial charge in [0.1, 0.15) is 0 Å². The van der Waals surface area contributed by atoms with Gasteiger partial charge >= 0.3 is 0 Å². The number of carbonyl (C=O) groups is 1. The van der Waals surface area contributed by atoms with Crippen LogP contribution in [0.5, 0.6) is 17.2 Å². The predicted octanol–water partition coefficient (Wildman–Crippen LogP) is 1.51. The first-order chi connectivity index (χ1) is 13.5. The summed E-state index contributed by atoms with van der Waals surface area (Å²) in [6.45, 7) is 3.72. The lowest BCUT2D eigenvalue weighted by molar-refractivity contribution is 0.102. The summed E-state index contributed by atoms with van der Waals surface area (Å²) in [5.74, 6) is 1.60. The van der Waals surface area contributed by atoms with Gasteiger partial charge in [-0.1, -0.05) is 0 Å². The molecule has 28 heavy (non-hydrogen) atoms. The Labute approximate surface area is 164 Å². The number of nitrogens with one attached hydrogen (secondary N) is 1. The number of aromatic nitrogens is 2. The molecule has 0 bridgehead atoms. The predicted molar refractivity (Wildman–Crippen MR) is 106 cm³/mol. The van der Waals surface area contributed by atoms with Crippen LogP contribution in [0.2, 0.25) is 0 Å². The first kappa shape index (κ1) is 19.7. The molecule has 2 aromatic rings. The van der Waals surface area contributed by atoms with Crippen LogP contribution in [0, 0.1) is 0 Å². The minimum Gasteiger partial charge on any atom is -0.493 e. The molecule has 0 aliphatic carbocycles. The molecule has 0 radical (unpaired) electrons.